The maximum absolute atomic E-state index is 12.8. The summed E-state index contributed by atoms with van der Waals surface area (Å²) in [6, 6.07) is 9.77. The zero-order chi connectivity index (χ0) is 19.8. The standard InChI is InChI=1S/C16H17N3O6S2/c1-17-27(24,25)15-5-6-16-13(10-15)7-8-18(16)26(22,23)11-12-3-2-4-14(9-12)19(20)21/h2-6,9-10,17H,7-8,11H2,1H3. The highest BCUT2D eigenvalue weighted by Crippen LogP contribution is 2.33. The predicted octanol–water partition coefficient (Wildman–Crippen LogP) is 1.40. The number of hydrogen-bond acceptors (Lipinski definition) is 6. The van der Waals surface area contributed by atoms with E-state index in [-0.39, 0.29) is 22.9 Å². The Hall–Kier alpha value is -2.50. The maximum Gasteiger partial charge on any atom is 0.269 e. The minimum absolute atomic E-state index is 0.0710. The number of fused-ring (bicyclic) bond motifs is 1. The van der Waals surface area contributed by atoms with Crippen LogP contribution in [0.1, 0.15) is 11.1 Å². The van der Waals surface area contributed by atoms with Crippen LogP contribution in [-0.4, -0.2) is 35.4 Å². The lowest BCUT2D eigenvalue weighted by Gasteiger charge is -2.19. The third-order valence-electron chi connectivity index (χ3n) is 4.29. The number of nitrogens with zero attached hydrogens (tertiary/aromatic N) is 2. The molecule has 0 bridgehead atoms. The molecule has 1 aliphatic heterocycles. The van der Waals surface area contributed by atoms with Gasteiger partial charge < -0.3 is 0 Å². The minimum atomic E-state index is -3.78. The maximum atomic E-state index is 12.8. The Kier molecular flexibility index (Phi) is 4.93. The van der Waals surface area contributed by atoms with Gasteiger partial charge >= 0.3 is 0 Å². The molecule has 27 heavy (non-hydrogen) atoms. The fourth-order valence-corrected chi connectivity index (χ4v) is 5.35. The van der Waals surface area contributed by atoms with Gasteiger partial charge in [0.1, 0.15) is 0 Å². The highest BCUT2D eigenvalue weighted by Gasteiger charge is 2.30. The summed E-state index contributed by atoms with van der Waals surface area (Å²) in [5.74, 6) is -0.384. The first kappa shape index (κ1) is 19.3. The van der Waals surface area contributed by atoms with E-state index in [9.17, 15) is 26.9 Å². The van der Waals surface area contributed by atoms with Crippen LogP contribution in [0.5, 0.6) is 0 Å². The van der Waals surface area contributed by atoms with Gasteiger partial charge in [-0.25, -0.2) is 21.6 Å². The number of nitro groups is 1. The van der Waals surface area contributed by atoms with Crippen LogP contribution in [0.15, 0.2) is 47.4 Å². The average Bonchev–Trinajstić information content (AvgIpc) is 3.05. The molecule has 0 amide bonds. The third-order valence-corrected chi connectivity index (χ3v) is 7.45. The molecule has 1 heterocycles. The van der Waals surface area contributed by atoms with Crippen molar-refractivity contribution < 1.29 is 21.8 Å². The van der Waals surface area contributed by atoms with Crippen LogP contribution in [0.2, 0.25) is 0 Å². The Bertz CT molecular complexity index is 1110. The molecule has 9 nitrogen and oxygen atoms in total. The fourth-order valence-electron chi connectivity index (χ4n) is 2.97. The molecule has 0 fully saturated rings. The van der Waals surface area contributed by atoms with Gasteiger partial charge in [-0.1, -0.05) is 12.1 Å². The van der Waals surface area contributed by atoms with Gasteiger partial charge in [-0.3, -0.25) is 14.4 Å². The van der Waals surface area contributed by atoms with Crippen LogP contribution in [0.4, 0.5) is 11.4 Å². The van der Waals surface area contributed by atoms with Gasteiger partial charge in [0.05, 0.1) is 21.3 Å². The second-order valence-electron chi connectivity index (χ2n) is 6.00. The number of sulfonamides is 2. The van der Waals surface area contributed by atoms with E-state index in [4.69, 9.17) is 0 Å². The Balaban J connectivity index is 1.90. The van der Waals surface area contributed by atoms with E-state index < -0.39 is 25.0 Å². The van der Waals surface area contributed by atoms with E-state index in [1.165, 1.54) is 53.8 Å². The van der Waals surface area contributed by atoms with Gasteiger partial charge in [0, 0.05) is 18.7 Å². The summed E-state index contributed by atoms with van der Waals surface area (Å²) in [5, 5.41) is 10.9. The van der Waals surface area contributed by atoms with Gasteiger partial charge in [0.2, 0.25) is 20.0 Å². The van der Waals surface area contributed by atoms with Crippen LogP contribution in [0, 0.1) is 10.1 Å². The van der Waals surface area contributed by atoms with Crippen molar-refractivity contribution in [1.82, 2.24) is 4.72 Å². The van der Waals surface area contributed by atoms with Crippen molar-refractivity contribution in [3.05, 3.63) is 63.7 Å². The summed E-state index contributed by atoms with van der Waals surface area (Å²) < 4.78 is 52.9. The monoisotopic (exact) mass is 411 g/mol. The summed E-state index contributed by atoms with van der Waals surface area (Å²) in [4.78, 5) is 10.4. The van der Waals surface area contributed by atoms with E-state index in [1.54, 1.807) is 0 Å². The molecule has 0 radical (unpaired) electrons. The first-order valence-corrected chi connectivity index (χ1v) is 11.0. The van der Waals surface area contributed by atoms with Crippen molar-refractivity contribution in [2.45, 2.75) is 17.1 Å². The molecule has 0 saturated carbocycles. The van der Waals surface area contributed by atoms with Crippen LogP contribution in [0.25, 0.3) is 0 Å². The Morgan fingerprint density at radius 3 is 2.56 bits per heavy atom. The topological polar surface area (TPSA) is 127 Å². The fraction of sp³-hybridized carbons (Fsp3) is 0.250. The molecule has 144 valence electrons. The number of benzene rings is 2. The van der Waals surface area contributed by atoms with Crippen molar-refractivity contribution in [3.8, 4) is 0 Å². The summed E-state index contributed by atoms with van der Waals surface area (Å²) in [6.07, 6.45) is 0.385. The second kappa shape index (κ2) is 6.91. The van der Waals surface area contributed by atoms with Crippen LogP contribution in [-0.2, 0) is 32.2 Å². The molecule has 0 atom stereocenters. The molecule has 0 spiro atoms. The normalized spacial score (nSPS) is 14.2. The number of anilines is 1. The molecular weight excluding hydrogens is 394 g/mol. The Labute approximate surface area is 156 Å². The number of rotatable bonds is 6. The van der Waals surface area contributed by atoms with Gasteiger partial charge in [-0.15, -0.1) is 0 Å². The first-order chi connectivity index (χ1) is 12.6. The van der Waals surface area contributed by atoms with Crippen molar-refractivity contribution in [2.24, 2.45) is 0 Å². The van der Waals surface area contributed by atoms with Crippen LogP contribution in [0.3, 0.4) is 0 Å². The highest BCUT2D eigenvalue weighted by molar-refractivity contribution is 7.92. The van der Waals surface area contributed by atoms with Gasteiger partial charge in [-0.2, -0.15) is 0 Å². The van der Waals surface area contributed by atoms with Crippen molar-refractivity contribution in [2.75, 3.05) is 17.9 Å². The van der Waals surface area contributed by atoms with Gasteiger partial charge in [0.15, 0.2) is 0 Å². The van der Waals surface area contributed by atoms with Crippen molar-refractivity contribution >= 4 is 31.4 Å². The number of nitro benzene ring substituents is 1. The molecule has 2 aromatic rings. The lowest BCUT2D eigenvalue weighted by atomic mass is 10.2. The summed E-state index contributed by atoms with van der Waals surface area (Å²) in [5.41, 5.74) is 1.18. The number of nitrogens with one attached hydrogen (secondary N) is 1. The van der Waals surface area contributed by atoms with E-state index in [0.29, 0.717) is 23.2 Å². The molecule has 0 unspecified atom stereocenters. The summed E-state index contributed by atoms with van der Waals surface area (Å²) in [7, 11) is -6.09. The molecule has 0 aliphatic carbocycles. The lowest BCUT2D eigenvalue weighted by molar-refractivity contribution is -0.384. The lowest BCUT2D eigenvalue weighted by Crippen LogP contribution is -2.30. The Morgan fingerprint density at radius 2 is 1.89 bits per heavy atom. The molecular formula is C16H17N3O6S2. The quantitative estimate of drug-likeness (QED) is 0.565. The molecule has 0 saturated heterocycles. The zero-order valence-electron chi connectivity index (χ0n) is 14.3. The largest absolute Gasteiger partial charge is 0.269 e. The SMILES string of the molecule is CNS(=O)(=O)c1ccc2c(c1)CCN2S(=O)(=O)Cc1cccc([N+](=O)[O-])c1. The molecule has 2 aromatic carbocycles. The van der Waals surface area contributed by atoms with E-state index in [2.05, 4.69) is 4.72 Å². The molecule has 3 rings (SSSR count). The predicted molar refractivity (Wildman–Crippen MR) is 99.5 cm³/mol. The van der Waals surface area contributed by atoms with Crippen LogP contribution >= 0.6 is 0 Å². The number of non-ortho nitro benzene ring substituents is 1. The second-order valence-corrected chi connectivity index (χ2v) is 9.78. The highest BCUT2D eigenvalue weighted by atomic mass is 32.2. The van der Waals surface area contributed by atoms with E-state index in [0.717, 1.165) is 0 Å². The smallest absolute Gasteiger partial charge is 0.269 e. The molecule has 1 N–H and O–H groups in total. The summed E-state index contributed by atoms with van der Waals surface area (Å²) >= 11 is 0. The number of hydrogen-bond donors (Lipinski definition) is 1. The molecule has 1 aliphatic rings. The first-order valence-electron chi connectivity index (χ1n) is 7.94. The van der Waals surface area contributed by atoms with Crippen LogP contribution < -0.4 is 9.03 Å². The van der Waals surface area contributed by atoms with E-state index in [1.807, 2.05) is 0 Å². The third kappa shape index (κ3) is 3.80. The molecule has 11 heteroatoms. The van der Waals surface area contributed by atoms with Crippen molar-refractivity contribution in [1.29, 1.82) is 0 Å². The zero-order valence-corrected chi connectivity index (χ0v) is 16.0. The Morgan fingerprint density at radius 1 is 1.15 bits per heavy atom. The van der Waals surface area contributed by atoms with E-state index >= 15 is 0 Å². The van der Waals surface area contributed by atoms with Gasteiger partial charge in [0.25, 0.3) is 5.69 Å². The minimum Gasteiger partial charge on any atom is -0.269 e. The van der Waals surface area contributed by atoms with Gasteiger partial charge in [-0.05, 0) is 42.8 Å². The summed E-state index contributed by atoms with van der Waals surface area (Å²) in [6.45, 7) is 0.190. The van der Waals surface area contributed by atoms with Crippen molar-refractivity contribution in [3.63, 3.8) is 0 Å². The average molecular weight is 411 g/mol. The molecule has 0 aromatic heterocycles.